The Labute approximate surface area is 160 Å². The maximum absolute atomic E-state index is 12.5. The molecule has 1 atom stereocenters. The Kier molecular flexibility index (Phi) is 8.82. The molecule has 0 spiro atoms. The average Bonchev–Trinajstić information content (AvgIpc) is 2.57. The maximum Gasteiger partial charge on any atom is 0.233 e. The summed E-state index contributed by atoms with van der Waals surface area (Å²) in [5.41, 5.74) is 8.04. The molecule has 2 amide bonds. The van der Waals surface area contributed by atoms with Gasteiger partial charge in [0.05, 0.1) is 5.92 Å². The lowest BCUT2D eigenvalue weighted by Crippen LogP contribution is -2.27. The van der Waals surface area contributed by atoms with Crippen molar-refractivity contribution in [1.29, 1.82) is 0 Å². The highest BCUT2D eigenvalue weighted by molar-refractivity contribution is 5.96. The predicted octanol–water partition coefficient (Wildman–Crippen LogP) is 3.77. The maximum atomic E-state index is 12.5. The molecule has 2 rings (SSSR count). The van der Waals surface area contributed by atoms with Crippen LogP contribution in [0.3, 0.4) is 0 Å². The summed E-state index contributed by atoms with van der Waals surface area (Å²) >= 11 is 0. The summed E-state index contributed by atoms with van der Waals surface area (Å²) in [6.45, 7) is 4.23. The Bertz CT molecular complexity index is 703. The number of halogens is 1. The van der Waals surface area contributed by atoms with Crippen LogP contribution in [0.15, 0.2) is 54.6 Å². The van der Waals surface area contributed by atoms with Crippen LogP contribution in [0.5, 0.6) is 0 Å². The minimum absolute atomic E-state index is 0. The van der Waals surface area contributed by atoms with Crippen molar-refractivity contribution < 1.29 is 9.59 Å². The first-order valence-electron chi connectivity index (χ1n) is 8.45. The fourth-order valence-electron chi connectivity index (χ4n) is 2.53. The van der Waals surface area contributed by atoms with Crippen molar-refractivity contribution in [3.05, 3.63) is 60.2 Å². The van der Waals surface area contributed by atoms with E-state index >= 15 is 0 Å². The van der Waals surface area contributed by atoms with Gasteiger partial charge in [-0.05, 0) is 35.7 Å². The van der Waals surface area contributed by atoms with Crippen molar-refractivity contribution in [2.24, 2.45) is 11.7 Å². The van der Waals surface area contributed by atoms with E-state index in [2.05, 4.69) is 10.6 Å². The molecule has 2 aromatic carbocycles. The zero-order valence-corrected chi connectivity index (χ0v) is 15.9. The highest BCUT2D eigenvalue weighted by Crippen LogP contribution is 2.19. The van der Waals surface area contributed by atoms with E-state index in [1.54, 1.807) is 24.3 Å². The molecule has 4 N–H and O–H groups in total. The normalized spacial score (nSPS) is 11.4. The molecule has 26 heavy (non-hydrogen) atoms. The van der Waals surface area contributed by atoms with Crippen LogP contribution in [-0.2, 0) is 9.59 Å². The van der Waals surface area contributed by atoms with Gasteiger partial charge < -0.3 is 16.4 Å². The van der Waals surface area contributed by atoms with Gasteiger partial charge in [0.1, 0.15) is 0 Å². The summed E-state index contributed by atoms with van der Waals surface area (Å²) in [5, 5.41) is 5.71. The van der Waals surface area contributed by atoms with Crippen LogP contribution in [0.4, 0.5) is 11.4 Å². The highest BCUT2D eigenvalue weighted by Gasteiger charge is 2.18. The SMILES string of the molecule is CC(C)CC(=O)Nc1ccc(NC(=O)C(CN)c2ccccc2)cc1.Cl. The van der Waals surface area contributed by atoms with Crippen molar-refractivity contribution >= 4 is 35.6 Å². The third-order valence-corrected chi connectivity index (χ3v) is 3.78. The molecule has 6 heteroatoms. The number of anilines is 2. The first kappa shape index (κ1) is 21.7. The van der Waals surface area contributed by atoms with Gasteiger partial charge in [0.25, 0.3) is 0 Å². The Morgan fingerprint density at radius 3 is 1.96 bits per heavy atom. The van der Waals surface area contributed by atoms with Gasteiger partial charge in [0.15, 0.2) is 0 Å². The Morgan fingerprint density at radius 2 is 1.46 bits per heavy atom. The molecular weight excluding hydrogens is 350 g/mol. The molecule has 0 saturated heterocycles. The fourth-order valence-corrected chi connectivity index (χ4v) is 2.53. The third kappa shape index (κ3) is 6.50. The van der Waals surface area contributed by atoms with Crippen molar-refractivity contribution in [3.63, 3.8) is 0 Å². The van der Waals surface area contributed by atoms with Crippen molar-refractivity contribution in [2.45, 2.75) is 26.2 Å². The van der Waals surface area contributed by atoms with E-state index in [1.807, 2.05) is 44.2 Å². The Hall–Kier alpha value is -2.37. The largest absolute Gasteiger partial charge is 0.329 e. The second kappa shape index (κ2) is 10.6. The van der Waals surface area contributed by atoms with Crippen LogP contribution < -0.4 is 16.4 Å². The standard InChI is InChI=1S/C20H25N3O2.ClH/c1-14(2)12-19(24)22-16-8-10-17(11-9-16)23-20(25)18(13-21)15-6-4-3-5-7-15;/h3-11,14,18H,12-13,21H2,1-2H3,(H,22,24)(H,23,25);1H. The molecule has 140 valence electrons. The van der Waals surface area contributed by atoms with Gasteiger partial charge in [-0.3, -0.25) is 9.59 Å². The van der Waals surface area contributed by atoms with Crippen LogP contribution in [0.1, 0.15) is 31.7 Å². The summed E-state index contributed by atoms with van der Waals surface area (Å²) in [6, 6.07) is 16.5. The molecule has 0 saturated carbocycles. The molecule has 0 aromatic heterocycles. The molecule has 2 aromatic rings. The highest BCUT2D eigenvalue weighted by atomic mass is 35.5. The van der Waals surface area contributed by atoms with Gasteiger partial charge in [0.2, 0.25) is 11.8 Å². The van der Waals surface area contributed by atoms with Crippen molar-refractivity contribution in [3.8, 4) is 0 Å². The molecular formula is C20H26ClN3O2. The smallest absolute Gasteiger partial charge is 0.233 e. The molecule has 0 aliphatic rings. The fraction of sp³-hybridized carbons (Fsp3) is 0.300. The van der Waals surface area contributed by atoms with Gasteiger partial charge in [-0.2, -0.15) is 0 Å². The van der Waals surface area contributed by atoms with Crippen LogP contribution >= 0.6 is 12.4 Å². The lowest BCUT2D eigenvalue weighted by atomic mass is 9.98. The van der Waals surface area contributed by atoms with Gasteiger partial charge in [0, 0.05) is 24.3 Å². The first-order chi connectivity index (χ1) is 12.0. The minimum Gasteiger partial charge on any atom is -0.329 e. The monoisotopic (exact) mass is 375 g/mol. The van der Waals surface area contributed by atoms with Crippen LogP contribution in [-0.4, -0.2) is 18.4 Å². The molecule has 0 aliphatic heterocycles. The summed E-state index contributed by atoms with van der Waals surface area (Å²) in [6.07, 6.45) is 0.480. The van der Waals surface area contributed by atoms with Gasteiger partial charge in [-0.15, -0.1) is 12.4 Å². The first-order valence-corrected chi connectivity index (χ1v) is 8.45. The number of hydrogen-bond donors (Lipinski definition) is 3. The molecule has 0 bridgehead atoms. The number of hydrogen-bond acceptors (Lipinski definition) is 3. The number of carbonyl (C=O) groups excluding carboxylic acids is 2. The van der Waals surface area contributed by atoms with Crippen LogP contribution in [0, 0.1) is 5.92 Å². The van der Waals surface area contributed by atoms with E-state index < -0.39 is 5.92 Å². The topological polar surface area (TPSA) is 84.2 Å². The second-order valence-electron chi connectivity index (χ2n) is 6.41. The number of benzene rings is 2. The third-order valence-electron chi connectivity index (χ3n) is 3.78. The number of rotatable bonds is 7. The lowest BCUT2D eigenvalue weighted by Gasteiger charge is -2.15. The Morgan fingerprint density at radius 1 is 0.923 bits per heavy atom. The number of nitrogens with one attached hydrogen (secondary N) is 2. The van der Waals surface area contributed by atoms with E-state index in [1.165, 1.54) is 0 Å². The van der Waals surface area contributed by atoms with E-state index in [9.17, 15) is 9.59 Å². The van der Waals surface area contributed by atoms with Crippen molar-refractivity contribution in [2.75, 3.05) is 17.2 Å². The van der Waals surface area contributed by atoms with Crippen LogP contribution in [0.25, 0.3) is 0 Å². The average molecular weight is 376 g/mol. The summed E-state index contributed by atoms with van der Waals surface area (Å²) in [7, 11) is 0. The molecule has 0 heterocycles. The molecule has 1 unspecified atom stereocenters. The van der Waals surface area contributed by atoms with E-state index in [4.69, 9.17) is 5.73 Å². The number of carbonyl (C=O) groups is 2. The van der Waals surface area contributed by atoms with Gasteiger partial charge in [-0.1, -0.05) is 44.2 Å². The number of nitrogens with two attached hydrogens (primary N) is 1. The minimum atomic E-state index is -0.397. The molecule has 0 aliphatic carbocycles. The van der Waals surface area contributed by atoms with Gasteiger partial charge in [-0.25, -0.2) is 0 Å². The van der Waals surface area contributed by atoms with Crippen LogP contribution in [0.2, 0.25) is 0 Å². The summed E-state index contributed by atoms with van der Waals surface area (Å²) in [4.78, 5) is 24.2. The van der Waals surface area contributed by atoms with Crippen molar-refractivity contribution in [1.82, 2.24) is 0 Å². The zero-order chi connectivity index (χ0) is 18.2. The number of amides is 2. The Balaban J connectivity index is 0.00000338. The quantitative estimate of drug-likeness (QED) is 0.688. The lowest BCUT2D eigenvalue weighted by molar-refractivity contribution is -0.118. The second-order valence-corrected chi connectivity index (χ2v) is 6.41. The molecule has 0 radical (unpaired) electrons. The van der Waals surface area contributed by atoms with E-state index in [-0.39, 0.29) is 30.8 Å². The van der Waals surface area contributed by atoms with E-state index in [0.717, 1.165) is 5.56 Å². The predicted molar refractivity (Wildman–Crippen MR) is 109 cm³/mol. The zero-order valence-electron chi connectivity index (χ0n) is 15.1. The van der Waals surface area contributed by atoms with Gasteiger partial charge >= 0.3 is 0 Å². The van der Waals surface area contributed by atoms with E-state index in [0.29, 0.717) is 23.7 Å². The summed E-state index contributed by atoms with van der Waals surface area (Å²) < 4.78 is 0. The molecule has 0 fully saturated rings. The molecule has 5 nitrogen and oxygen atoms in total. The summed E-state index contributed by atoms with van der Waals surface area (Å²) in [5.74, 6) is -0.249.